The molecule has 3 rings (SSSR count). The highest BCUT2D eigenvalue weighted by atomic mass is 32.2. The molecular weight excluding hydrogens is 395 g/mol. The molecule has 0 spiro atoms. The molecule has 146 valence electrons. The van der Waals surface area contributed by atoms with Gasteiger partial charge in [0.2, 0.25) is 11.0 Å². The number of carbonyl (C=O) groups excluding carboxylic acids is 1. The summed E-state index contributed by atoms with van der Waals surface area (Å²) < 4.78 is 14.3. The van der Waals surface area contributed by atoms with E-state index in [1.54, 1.807) is 18.2 Å². The number of nitrogens with zero attached hydrogens (tertiary/aromatic N) is 2. The lowest BCUT2D eigenvalue weighted by molar-refractivity contribution is -0.113. The highest BCUT2D eigenvalue weighted by Gasteiger charge is 2.10. The van der Waals surface area contributed by atoms with Crippen LogP contribution in [0.5, 0.6) is 0 Å². The van der Waals surface area contributed by atoms with Crippen LogP contribution in [-0.2, 0) is 4.79 Å². The fourth-order valence-electron chi connectivity index (χ4n) is 2.45. The van der Waals surface area contributed by atoms with Gasteiger partial charge in [-0.2, -0.15) is 0 Å². The Morgan fingerprint density at radius 1 is 1.18 bits per heavy atom. The number of anilines is 3. The predicted octanol–water partition coefficient (Wildman–Crippen LogP) is 5.67. The summed E-state index contributed by atoms with van der Waals surface area (Å²) in [5.41, 5.74) is 2.38. The number of amides is 1. The van der Waals surface area contributed by atoms with Crippen LogP contribution >= 0.6 is 23.1 Å². The van der Waals surface area contributed by atoms with Gasteiger partial charge in [0.1, 0.15) is 5.82 Å². The monoisotopic (exact) mass is 416 g/mol. The Kier molecular flexibility index (Phi) is 7.00. The topological polar surface area (TPSA) is 66.9 Å². The standard InChI is InChI=1S/C20H21FN4OS2/c1-3-13(2)14-8-10-15(11-9-14)22-18(26)12-27-20-25-24-19(28-20)23-17-7-5-4-6-16(17)21/h4-11,13H,3,12H2,1-2H3,(H,22,26)(H,23,24). The smallest absolute Gasteiger partial charge is 0.234 e. The van der Waals surface area contributed by atoms with E-state index in [9.17, 15) is 9.18 Å². The van der Waals surface area contributed by atoms with Crippen molar-refractivity contribution in [3.05, 3.63) is 59.9 Å². The van der Waals surface area contributed by atoms with Gasteiger partial charge >= 0.3 is 0 Å². The minimum absolute atomic E-state index is 0.111. The van der Waals surface area contributed by atoms with E-state index in [2.05, 4.69) is 34.7 Å². The maximum atomic E-state index is 13.7. The molecule has 8 heteroatoms. The summed E-state index contributed by atoms with van der Waals surface area (Å²) >= 11 is 2.57. The molecule has 0 aliphatic heterocycles. The Bertz CT molecular complexity index is 930. The number of aromatic nitrogens is 2. The van der Waals surface area contributed by atoms with Gasteiger partial charge < -0.3 is 10.6 Å². The van der Waals surface area contributed by atoms with Crippen molar-refractivity contribution in [3.8, 4) is 0 Å². The zero-order chi connectivity index (χ0) is 19.9. The van der Waals surface area contributed by atoms with Crippen LogP contribution < -0.4 is 10.6 Å². The molecule has 0 aliphatic rings. The van der Waals surface area contributed by atoms with Crippen LogP contribution in [0.1, 0.15) is 31.7 Å². The van der Waals surface area contributed by atoms with Gasteiger partial charge in [0.25, 0.3) is 0 Å². The Balaban J connectivity index is 1.50. The van der Waals surface area contributed by atoms with Crippen molar-refractivity contribution in [2.24, 2.45) is 0 Å². The van der Waals surface area contributed by atoms with E-state index in [-0.39, 0.29) is 17.5 Å². The largest absolute Gasteiger partial charge is 0.328 e. The Labute approximate surface area is 171 Å². The van der Waals surface area contributed by atoms with E-state index in [0.717, 1.165) is 12.1 Å². The number of para-hydroxylation sites is 1. The molecule has 28 heavy (non-hydrogen) atoms. The Hall–Kier alpha value is -2.45. The predicted molar refractivity (Wildman–Crippen MR) is 114 cm³/mol. The lowest BCUT2D eigenvalue weighted by Gasteiger charge is -2.10. The van der Waals surface area contributed by atoms with Gasteiger partial charge in [-0.15, -0.1) is 10.2 Å². The number of hydrogen-bond donors (Lipinski definition) is 2. The molecule has 0 saturated heterocycles. The van der Waals surface area contributed by atoms with Crippen molar-refractivity contribution in [1.82, 2.24) is 10.2 Å². The summed E-state index contributed by atoms with van der Waals surface area (Å²) in [5.74, 6) is 0.261. The summed E-state index contributed by atoms with van der Waals surface area (Å²) in [6.45, 7) is 4.34. The van der Waals surface area contributed by atoms with Gasteiger partial charge in [0, 0.05) is 5.69 Å². The van der Waals surface area contributed by atoms with Crippen LogP contribution in [0, 0.1) is 5.82 Å². The molecule has 1 heterocycles. The molecule has 0 fully saturated rings. The lowest BCUT2D eigenvalue weighted by atomic mass is 9.99. The van der Waals surface area contributed by atoms with E-state index < -0.39 is 0 Å². The molecule has 0 bridgehead atoms. The summed E-state index contributed by atoms with van der Waals surface area (Å²) in [6, 6.07) is 14.3. The van der Waals surface area contributed by atoms with Crippen LogP contribution in [-0.4, -0.2) is 21.9 Å². The molecule has 2 N–H and O–H groups in total. The van der Waals surface area contributed by atoms with E-state index in [1.807, 2.05) is 24.3 Å². The average Bonchev–Trinajstić information content (AvgIpc) is 3.15. The van der Waals surface area contributed by atoms with Crippen LogP contribution in [0.25, 0.3) is 0 Å². The lowest BCUT2D eigenvalue weighted by Crippen LogP contribution is -2.13. The molecule has 1 unspecified atom stereocenters. The molecule has 0 aliphatic carbocycles. The van der Waals surface area contributed by atoms with Gasteiger partial charge in [0.15, 0.2) is 4.34 Å². The second kappa shape index (κ2) is 9.66. The number of hydrogen-bond acceptors (Lipinski definition) is 6. The Morgan fingerprint density at radius 3 is 2.64 bits per heavy atom. The molecular formula is C20H21FN4OS2. The number of halogens is 1. The first-order valence-electron chi connectivity index (χ1n) is 8.93. The first-order valence-corrected chi connectivity index (χ1v) is 10.7. The summed E-state index contributed by atoms with van der Waals surface area (Å²) in [4.78, 5) is 12.2. The third-order valence-corrected chi connectivity index (χ3v) is 6.20. The highest BCUT2D eigenvalue weighted by molar-refractivity contribution is 8.01. The van der Waals surface area contributed by atoms with E-state index >= 15 is 0 Å². The fraction of sp³-hybridized carbons (Fsp3) is 0.250. The number of benzene rings is 2. The zero-order valence-corrected chi connectivity index (χ0v) is 17.2. The molecule has 1 aromatic heterocycles. The van der Waals surface area contributed by atoms with E-state index in [1.165, 1.54) is 34.7 Å². The summed E-state index contributed by atoms with van der Waals surface area (Å²) in [5, 5.41) is 14.3. The zero-order valence-electron chi connectivity index (χ0n) is 15.6. The van der Waals surface area contributed by atoms with Crippen LogP contribution in [0.2, 0.25) is 0 Å². The number of thioether (sulfide) groups is 1. The molecule has 0 saturated carbocycles. The quantitative estimate of drug-likeness (QED) is 0.464. The van der Waals surface area contributed by atoms with Crippen LogP contribution in [0.3, 0.4) is 0 Å². The maximum absolute atomic E-state index is 13.7. The van der Waals surface area contributed by atoms with Crippen molar-refractivity contribution in [2.45, 2.75) is 30.5 Å². The van der Waals surface area contributed by atoms with Crippen LogP contribution in [0.15, 0.2) is 52.9 Å². The van der Waals surface area contributed by atoms with Crippen LogP contribution in [0.4, 0.5) is 20.9 Å². The van der Waals surface area contributed by atoms with Gasteiger partial charge in [-0.1, -0.05) is 61.2 Å². The molecule has 2 aromatic carbocycles. The van der Waals surface area contributed by atoms with Crippen molar-refractivity contribution >= 4 is 45.5 Å². The third kappa shape index (κ3) is 5.53. The molecule has 5 nitrogen and oxygen atoms in total. The highest BCUT2D eigenvalue weighted by Crippen LogP contribution is 2.28. The first kappa shape index (κ1) is 20.3. The SMILES string of the molecule is CCC(C)c1ccc(NC(=O)CSc2nnc(Nc3ccccc3F)s2)cc1. The van der Waals surface area contributed by atoms with E-state index in [4.69, 9.17) is 0 Å². The molecule has 3 aromatic rings. The van der Waals surface area contributed by atoms with Gasteiger partial charge in [-0.3, -0.25) is 4.79 Å². The third-order valence-electron chi connectivity index (χ3n) is 4.22. The second-order valence-electron chi connectivity index (χ2n) is 6.25. The normalized spacial score (nSPS) is 11.8. The molecule has 1 amide bonds. The van der Waals surface area contributed by atoms with Crippen molar-refractivity contribution in [2.75, 3.05) is 16.4 Å². The van der Waals surface area contributed by atoms with Gasteiger partial charge in [-0.25, -0.2) is 4.39 Å². The number of nitrogens with one attached hydrogen (secondary N) is 2. The minimum atomic E-state index is -0.356. The second-order valence-corrected chi connectivity index (χ2v) is 8.45. The molecule has 1 atom stereocenters. The van der Waals surface area contributed by atoms with Gasteiger partial charge in [-0.05, 0) is 42.2 Å². The molecule has 0 radical (unpaired) electrons. The van der Waals surface area contributed by atoms with Crippen molar-refractivity contribution < 1.29 is 9.18 Å². The number of rotatable bonds is 8. The Morgan fingerprint density at radius 2 is 1.93 bits per heavy atom. The summed E-state index contributed by atoms with van der Waals surface area (Å²) in [7, 11) is 0. The van der Waals surface area contributed by atoms with Crippen molar-refractivity contribution in [1.29, 1.82) is 0 Å². The van der Waals surface area contributed by atoms with Gasteiger partial charge in [0.05, 0.1) is 11.4 Å². The maximum Gasteiger partial charge on any atom is 0.234 e. The average molecular weight is 417 g/mol. The number of carbonyl (C=O) groups is 1. The van der Waals surface area contributed by atoms with E-state index in [0.29, 0.717) is 21.1 Å². The fourth-order valence-corrected chi connectivity index (χ4v) is 4.02. The first-order chi connectivity index (χ1) is 13.5. The minimum Gasteiger partial charge on any atom is -0.328 e. The van der Waals surface area contributed by atoms with Crippen molar-refractivity contribution in [3.63, 3.8) is 0 Å². The summed E-state index contributed by atoms with van der Waals surface area (Å²) in [6.07, 6.45) is 1.08.